The van der Waals surface area contributed by atoms with Crippen molar-refractivity contribution in [1.29, 1.82) is 0 Å². The van der Waals surface area contributed by atoms with E-state index < -0.39 is 0 Å². The van der Waals surface area contributed by atoms with Crippen molar-refractivity contribution in [3.05, 3.63) is 77.5 Å². The fraction of sp³-hybridized carbons (Fsp3) is 0.200. The van der Waals surface area contributed by atoms with E-state index in [1.165, 1.54) is 0 Å². The number of nitrogens with one attached hydrogen (secondary N) is 1. The summed E-state index contributed by atoms with van der Waals surface area (Å²) < 4.78 is 0. The number of rotatable bonds is 2. The van der Waals surface area contributed by atoms with Gasteiger partial charge in [-0.25, -0.2) is 0 Å². The summed E-state index contributed by atoms with van der Waals surface area (Å²) in [5.74, 6) is -0.0878. The molecular weight excluding hydrogens is 316 g/mol. The molecule has 0 aromatic heterocycles. The minimum Gasteiger partial charge on any atom is -0.327 e. The van der Waals surface area contributed by atoms with E-state index in [-0.39, 0.29) is 11.4 Å². The number of benzene rings is 2. The first-order chi connectivity index (χ1) is 11.4. The van der Waals surface area contributed by atoms with Crippen LogP contribution >= 0.6 is 12.2 Å². The zero-order valence-electron chi connectivity index (χ0n) is 14.0. The van der Waals surface area contributed by atoms with Crippen molar-refractivity contribution in [1.82, 2.24) is 10.2 Å². The van der Waals surface area contributed by atoms with Crippen LogP contribution in [0.1, 0.15) is 31.9 Å². The van der Waals surface area contributed by atoms with Crippen LogP contribution in [0.4, 0.5) is 0 Å². The quantitative estimate of drug-likeness (QED) is 0.665. The van der Waals surface area contributed by atoms with E-state index in [2.05, 4.69) is 5.32 Å². The molecule has 1 heterocycles. The molecule has 24 heavy (non-hydrogen) atoms. The van der Waals surface area contributed by atoms with Gasteiger partial charge in [0.15, 0.2) is 5.11 Å². The molecule has 0 saturated carbocycles. The summed E-state index contributed by atoms with van der Waals surface area (Å²) in [6.45, 7) is 5.94. The zero-order valence-corrected chi connectivity index (χ0v) is 14.9. The van der Waals surface area contributed by atoms with E-state index in [0.29, 0.717) is 10.8 Å². The summed E-state index contributed by atoms with van der Waals surface area (Å²) in [5.41, 5.74) is 3.00. The van der Waals surface area contributed by atoms with E-state index in [9.17, 15) is 4.79 Å². The molecule has 1 amide bonds. The molecule has 1 fully saturated rings. The molecule has 0 radical (unpaired) electrons. The smallest absolute Gasteiger partial charge is 0.277 e. The van der Waals surface area contributed by atoms with Gasteiger partial charge in [0.05, 0.1) is 0 Å². The molecule has 3 rings (SSSR count). The summed E-state index contributed by atoms with van der Waals surface area (Å²) in [6.07, 6.45) is 0. The monoisotopic (exact) mass is 336 g/mol. The maximum Gasteiger partial charge on any atom is 0.277 e. The second-order valence-electron chi connectivity index (χ2n) is 6.72. The number of carbonyl (C=O) groups is 1. The lowest BCUT2D eigenvalue weighted by molar-refractivity contribution is -0.125. The van der Waals surface area contributed by atoms with Gasteiger partial charge in [-0.1, -0.05) is 60.7 Å². The van der Waals surface area contributed by atoms with Gasteiger partial charge in [0.2, 0.25) is 0 Å². The first-order valence-electron chi connectivity index (χ1n) is 7.90. The Balaban J connectivity index is 2.21. The maximum absolute atomic E-state index is 13.1. The molecule has 4 heteroatoms. The third-order valence-electron chi connectivity index (χ3n) is 3.90. The van der Waals surface area contributed by atoms with Crippen molar-refractivity contribution in [2.45, 2.75) is 26.3 Å². The minimum atomic E-state index is -0.374. The minimum absolute atomic E-state index is 0.0878. The average molecular weight is 336 g/mol. The highest BCUT2D eigenvalue weighted by Gasteiger charge is 2.40. The number of hydrogen-bond donors (Lipinski definition) is 1. The van der Waals surface area contributed by atoms with Crippen LogP contribution in [0.5, 0.6) is 0 Å². The number of amides is 1. The molecule has 0 bridgehead atoms. The normalized spacial score (nSPS) is 14.8. The third kappa shape index (κ3) is 2.97. The second kappa shape index (κ2) is 6.21. The first kappa shape index (κ1) is 16.4. The molecular formula is C20H20N2OS. The first-order valence-corrected chi connectivity index (χ1v) is 8.31. The van der Waals surface area contributed by atoms with Gasteiger partial charge in [-0.2, -0.15) is 0 Å². The van der Waals surface area contributed by atoms with Gasteiger partial charge in [0.25, 0.3) is 5.91 Å². The van der Waals surface area contributed by atoms with E-state index in [0.717, 1.165) is 16.7 Å². The second-order valence-corrected chi connectivity index (χ2v) is 7.11. The topological polar surface area (TPSA) is 32.3 Å². The zero-order chi connectivity index (χ0) is 17.3. The molecule has 1 saturated heterocycles. The van der Waals surface area contributed by atoms with Crippen molar-refractivity contribution in [2.24, 2.45) is 0 Å². The van der Waals surface area contributed by atoms with Crippen LogP contribution in [-0.2, 0) is 4.79 Å². The summed E-state index contributed by atoms with van der Waals surface area (Å²) in [6, 6.07) is 19.8. The number of hydrogen-bond acceptors (Lipinski definition) is 2. The van der Waals surface area contributed by atoms with Gasteiger partial charge in [0, 0.05) is 11.1 Å². The molecule has 2 aromatic rings. The summed E-state index contributed by atoms with van der Waals surface area (Å²) in [4.78, 5) is 14.7. The van der Waals surface area contributed by atoms with Crippen LogP contribution in [0.25, 0.3) is 5.57 Å². The molecule has 122 valence electrons. The fourth-order valence-electron chi connectivity index (χ4n) is 2.86. The van der Waals surface area contributed by atoms with Crippen molar-refractivity contribution >= 4 is 28.8 Å². The van der Waals surface area contributed by atoms with Crippen molar-refractivity contribution in [3.63, 3.8) is 0 Å². The van der Waals surface area contributed by atoms with Gasteiger partial charge < -0.3 is 5.32 Å². The van der Waals surface area contributed by atoms with Gasteiger partial charge in [-0.15, -0.1) is 0 Å². The summed E-state index contributed by atoms with van der Waals surface area (Å²) >= 11 is 5.42. The molecule has 2 aromatic carbocycles. The predicted octanol–water partition coefficient (Wildman–Crippen LogP) is 3.96. The largest absolute Gasteiger partial charge is 0.327 e. The Morgan fingerprint density at radius 2 is 1.38 bits per heavy atom. The fourth-order valence-corrected chi connectivity index (χ4v) is 3.32. The molecule has 1 N–H and O–H groups in total. The number of carbonyl (C=O) groups excluding carboxylic acids is 1. The van der Waals surface area contributed by atoms with Crippen LogP contribution in [-0.4, -0.2) is 21.5 Å². The van der Waals surface area contributed by atoms with Crippen molar-refractivity contribution < 1.29 is 4.79 Å². The van der Waals surface area contributed by atoms with Crippen LogP contribution in [0.2, 0.25) is 0 Å². The van der Waals surface area contributed by atoms with E-state index in [1.54, 1.807) is 4.90 Å². The lowest BCUT2D eigenvalue weighted by atomic mass is 9.95. The molecule has 0 aliphatic carbocycles. The molecule has 1 aliphatic heterocycles. The van der Waals surface area contributed by atoms with Crippen molar-refractivity contribution in [3.8, 4) is 0 Å². The van der Waals surface area contributed by atoms with Crippen molar-refractivity contribution in [2.75, 3.05) is 0 Å². The Morgan fingerprint density at radius 3 is 1.75 bits per heavy atom. The molecule has 3 nitrogen and oxygen atoms in total. The van der Waals surface area contributed by atoms with E-state index in [1.807, 2.05) is 81.4 Å². The van der Waals surface area contributed by atoms with Gasteiger partial charge >= 0.3 is 0 Å². The van der Waals surface area contributed by atoms with Crippen LogP contribution < -0.4 is 5.32 Å². The Bertz CT molecular complexity index is 763. The van der Waals surface area contributed by atoms with Gasteiger partial charge in [-0.3, -0.25) is 9.69 Å². The lowest BCUT2D eigenvalue weighted by Crippen LogP contribution is -2.45. The van der Waals surface area contributed by atoms with Gasteiger partial charge in [-0.05, 0) is 44.1 Å². The third-order valence-corrected chi connectivity index (χ3v) is 4.18. The molecule has 0 unspecified atom stereocenters. The Kier molecular flexibility index (Phi) is 4.24. The maximum atomic E-state index is 13.1. The van der Waals surface area contributed by atoms with Crippen LogP contribution in [0, 0.1) is 0 Å². The van der Waals surface area contributed by atoms with E-state index in [4.69, 9.17) is 12.2 Å². The van der Waals surface area contributed by atoms with E-state index >= 15 is 0 Å². The van der Waals surface area contributed by atoms with Crippen LogP contribution in [0.15, 0.2) is 66.4 Å². The predicted molar refractivity (Wildman–Crippen MR) is 101 cm³/mol. The summed E-state index contributed by atoms with van der Waals surface area (Å²) in [5, 5.41) is 3.60. The highest BCUT2D eigenvalue weighted by molar-refractivity contribution is 7.80. The summed E-state index contributed by atoms with van der Waals surface area (Å²) in [7, 11) is 0. The average Bonchev–Trinajstić information content (AvgIpc) is 2.84. The lowest BCUT2D eigenvalue weighted by Gasteiger charge is -2.29. The molecule has 0 spiro atoms. The molecule has 1 aliphatic rings. The highest BCUT2D eigenvalue weighted by atomic mass is 32.1. The Labute approximate surface area is 148 Å². The molecule has 0 atom stereocenters. The number of thiocarbonyl (C=S) groups is 1. The van der Waals surface area contributed by atoms with Gasteiger partial charge in [0.1, 0.15) is 5.70 Å². The Morgan fingerprint density at radius 1 is 0.917 bits per heavy atom. The Hall–Kier alpha value is -2.46. The SMILES string of the molecule is CC(C)(C)N1C(=O)C(=C(c2ccccc2)c2ccccc2)NC1=S. The highest BCUT2D eigenvalue weighted by Crippen LogP contribution is 2.31. The number of nitrogens with zero attached hydrogens (tertiary/aromatic N) is 1. The van der Waals surface area contributed by atoms with Crippen LogP contribution in [0.3, 0.4) is 0 Å². The standard InChI is InChI=1S/C20H20N2OS/c1-20(2,3)22-18(23)17(21-19(22)24)16(14-10-6-4-7-11-14)15-12-8-5-9-13-15/h4-13H,1-3H3,(H,21,24).